The van der Waals surface area contributed by atoms with E-state index in [-0.39, 0.29) is 18.3 Å². The van der Waals surface area contributed by atoms with Crippen LogP contribution in [0.3, 0.4) is 0 Å². The molecular weight excluding hydrogens is 350 g/mol. The Balaban J connectivity index is 1.41. The van der Waals surface area contributed by atoms with Gasteiger partial charge in [-0.25, -0.2) is 4.79 Å². The summed E-state index contributed by atoms with van der Waals surface area (Å²) in [5.41, 5.74) is 7.03. The topological polar surface area (TPSA) is 123 Å². The van der Waals surface area contributed by atoms with E-state index in [4.69, 9.17) is 15.0 Å². The number of amides is 3. The molecule has 27 heavy (non-hydrogen) atoms. The molecule has 3 amide bonds. The number of urea groups is 1. The van der Waals surface area contributed by atoms with Crippen molar-refractivity contribution < 1.29 is 18.8 Å². The molecule has 1 aromatic heterocycles. The zero-order chi connectivity index (χ0) is 19.1. The molecule has 1 aliphatic rings. The van der Waals surface area contributed by atoms with E-state index in [1.165, 1.54) is 11.6 Å². The molecule has 0 bridgehead atoms. The van der Waals surface area contributed by atoms with Gasteiger partial charge in [0, 0.05) is 31.4 Å². The van der Waals surface area contributed by atoms with Crippen LogP contribution in [0.25, 0.3) is 0 Å². The predicted octanol–water partition coefficient (Wildman–Crippen LogP) is 0.970. The van der Waals surface area contributed by atoms with Gasteiger partial charge in [-0.1, -0.05) is 17.3 Å². The third kappa shape index (κ3) is 5.80. The van der Waals surface area contributed by atoms with E-state index in [9.17, 15) is 9.59 Å². The number of nitrogens with zero attached hydrogens (tertiary/aromatic N) is 2. The average molecular weight is 373 g/mol. The Morgan fingerprint density at radius 3 is 2.59 bits per heavy atom. The summed E-state index contributed by atoms with van der Waals surface area (Å²) < 4.78 is 10.3. The second-order valence-corrected chi connectivity index (χ2v) is 6.25. The number of rotatable bonds is 7. The smallest absolute Gasteiger partial charge is 0.319 e. The van der Waals surface area contributed by atoms with Gasteiger partial charge >= 0.3 is 6.03 Å². The highest BCUT2D eigenvalue weighted by Crippen LogP contribution is 2.11. The van der Waals surface area contributed by atoms with E-state index in [2.05, 4.69) is 20.7 Å². The SMILES string of the molecule is NC(=O)c1cc(CNC(=O)Nc2ccc(CCN3CCOCC3)cc2)on1. The minimum atomic E-state index is -0.678. The Morgan fingerprint density at radius 2 is 1.93 bits per heavy atom. The first kappa shape index (κ1) is 18.9. The molecule has 9 heteroatoms. The van der Waals surface area contributed by atoms with E-state index in [0.29, 0.717) is 11.4 Å². The number of primary amides is 1. The molecule has 144 valence electrons. The number of hydrogen-bond acceptors (Lipinski definition) is 6. The molecule has 0 unspecified atom stereocenters. The minimum absolute atomic E-state index is 0.0277. The molecule has 2 aromatic rings. The van der Waals surface area contributed by atoms with Crippen LogP contribution in [-0.2, 0) is 17.7 Å². The summed E-state index contributed by atoms with van der Waals surface area (Å²) in [6, 6.07) is 8.76. The number of nitrogens with one attached hydrogen (secondary N) is 2. The zero-order valence-electron chi connectivity index (χ0n) is 14.9. The van der Waals surface area contributed by atoms with Crippen LogP contribution in [0, 0.1) is 0 Å². The maximum absolute atomic E-state index is 11.9. The average Bonchev–Trinajstić information content (AvgIpc) is 3.16. The fraction of sp³-hybridized carbons (Fsp3) is 0.389. The van der Waals surface area contributed by atoms with Gasteiger partial charge in [-0.15, -0.1) is 0 Å². The van der Waals surface area contributed by atoms with Gasteiger partial charge in [-0.05, 0) is 24.1 Å². The van der Waals surface area contributed by atoms with Crippen molar-refractivity contribution in [1.29, 1.82) is 0 Å². The lowest BCUT2D eigenvalue weighted by atomic mass is 10.1. The van der Waals surface area contributed by atoms with Crippen molar-refractivity contribution in [2.75, 3.05) is 38.2 Å². The lowest BCUT2D eigenvalue weighted by Gasteiger charge is -2.26. The Bertz CT molecular complexity index is 768. The first-order valence-electron chi connectivity index (χ1n) is 8.79. The maximum Gasteiger partial charge on any atom is 0.319 e. The molecule has 3 rings (SSSR count). The fourth-order valence-electron chi connectivity index (χ4n) is 2.72. The van der Waals surface area contributed by atoms with Crippen molar-refractivity contribution in [3.63, 3.8) is 0 Å². The van der Waals surface area contributed by atoms with Crippen LogP contribution in [0.15, 0.2) is 34.9 Å². The van der Waals surface area contributed by atoms with Crippen LogP contribution in [0.5, 0.6) is 0 Å². The molecule has 2 heterocycles. The van der Waals surface area contributed by atoms with Crippen LogP contribution in [0.4, 0.5) is 10.5 Å². The molecule has 0 aliphatic carbocycles. The molecule has 1 aromatic carbocycles. The lowest BCUT2D eigenvalue weighted by Crippen LogP contribution is -2.37. The summed E-state index contributed by atoms with van der Waals surface area (Å²) in [6.45, 7) is 4.66. The number of carbonyl (C=O) groups is 2. The van der Waals surface area contributed by atoms with E-state index in [1.807, 2.05) is 24.3 Å². The van der Waals surface area contributed by atoms with Crippen molar-refractivity contribution in [1.82, 2.24) is 15.4 Å². The summed E-state index contributed by atoms with van der Waals surface area (Å²) in [5.74, 6) is -0.333. The monoisotopic (exact) mass is 373 g/mol. The highest BCUT2D eigenvalue weighted by molar-refractivity contribution is 5.91. The van der Waals surface area contributed by atoms with Gasteiger partial charge in [0.15, 0.2) is 11.5 Å². The Morgan fingerprint density at radius 1 is 1.19 bits per heavy atom. The largest absolute Gasteiger partial charge is 0.379 e. The molecule has 1 saturated heterocycles. The van der Waals surface area contributed by atoms with Gasteiger partial charge < -0.3 is 25.6 Å². The summed E-state index contributed by atoms with van der Waals surface area (Å²) in [7, 11) is 0. The number of carbonyl (C=O) groups excluding carboxylic acids is 2. The molecule has 0 atom stereocenters. The molecule has 1 aliphatic heterocycles. The number of benzene rings is 1. The lowest BCUT2D eigenvalue weighted by molar-refractivity contribution is 0.0384. The number of aromatic nitrogens is 1. The van der Waals surface area contributed by atoms with Gasteiger partial charge in [0.1, 0.15) is 0 Å². The van der Waals surface area contributed by atoms with Gasteiger partial charge in [0.05, 0.1) is 19.8 Å². The highest BCUT2D eigenvalue weighted by Gasteiger charge is 2.11. The predicted molar refractivity (Wildman–Crippen MR) is 98.3 cm³/mol. The summed E-state index contributed by atoms with van der Waals surface area (Å²) >= 11 is 0. The van der Waals surface area contributed by atoms with E-state index in [0.717, 1.165) is 39.3 Å². The van der Waals surface area contributed by atoms with Gasteiger partial charge in [-0.2, -0.15) is 0 Å². The molecule has 1 fully saturated rings. The highest BCUT2D eigenvalue weighted by atomic mass is 16.5. The van der Waals surface area contributed by atoms with Crippen LogP contribution in [-0.4, -0.2) is 54.8 Å². The van der Waals surface area contributed by atoms with Crippen molar-refractivity contribution in [3.8, 4) is 0 Å². The van der Waals surface area contributed by atoms with Gasteiger partial charge in [0.25, 0.3) is 5.91 Å². The van der Waals surface area contributed by atoms with Crippen LogP contribution >= 0.6 is 0 Å². The van der Waals surface area contributed by atoms with Crippen molar-refractivity contribution >= 4 is 17.6 Å². The standard InChI is InChI=1S/C18H23N5O4/c19-17(24)16-11-15(27-22-16)12-20-18(25)21-14-3-1-13(2-4-14)5-6-23-7-9-26-10-8-23/h1-4,11H,5-10,12H2,(H2,19,24)(H2,20,21,25). The van der Waals surface area contributed by atoms with Gasteiger partial charge in [0.2, 0.25) is 0 Å². The number of morpholine rings is 1. The maximum atomic E-state index is 11.9. The summed E-state index contributed by atoms with van der Waals surface area (Å²) in [5, 5.41) is 8.88. The second kappa shape index (κ2) is 9.15. The Labute approximate surface area is 156 Å². The van der Waals surface area contributed by atoms with Crippen molar-refractivity contribution in [3.05, 3.63) is 47.3 Å². The summed E-state index contributed by atoms with van der Waals surface area (Å²) in [4.78, 5) is 25.3. The number of nitrogens with two attached hydrogens (primary N) is 1. The third-order valence-electron chi connectivity index (χ3n) is 4.27. The molecule has 0 spiro atoms. The zero-order valence-corrected chi connectivity index (χ0v) is 14.9. The normalized spacial score (nSPS) is 14.7. The quantitative estimate of drug-likeness (QED) is 0.665. The first-order valence-corrected chi connectivity index (χ1v) is 8.79. The molecular formula is C18H23N5O4. The van der Waals surface area contributed by atoms with Crippen molar-refractivity contribution in [2.45, 2.75) is 13.0 Å². The van der Waals surface area contributed by atoms with Crippen molar-refractivity contribution in [2.24, 2.45) is 5.73 Å². The fourth-order valence-corrected chi connectivity index (χ4v) is 2.72. The molecule has 0 radical (unpaired) electrons. The molecule has 0 saturated carbocycles. The van der Waals surface area contributed by atoms with E-state index in [1.54, 1.807) is 0 Å². The molecule has 4 N–H and O–H groups in total. The van der Waals surface area contributed by atoms with E-state index < -0.39 is 5.91 Å². The number of hydrogen-bond donors (Lipinski definition) is 3. The van der Waals surface area contributed by atoms with Gasteiger partial charge in [-0.3, -0.25) is 9.69 Å². The van der Waals surface area contributed by atoms with Crippen LogP contribution < -0.4 is 16.4 Å². The summed E-state index contributed by atoms with van der Waals surface area (Å²) in [6.07, 6.45) is 0.958. The molecule has 9 nitrogen and oxygen atoms in total. The van der Waals surface area contributed by atoms with Crippen LogP contribution in [0.1, 0.15) is 21.8 Å². The number of ether oxygens (including phenoxy) is 1. The first-order chi connectivity index (χ1) is 13.1. The number of anilines is 1. The second-order valence-electron chi connectivity index (χ2n) is 6.25. The Kier molecular flexibility index (Phi) is 6.39. The Hall–Kier alpha value is -2.91. The van der Waals surface area contributed by atoms with E-state index >= 15 is 0 Å². The van der Waals surface area contributed by atoms with Crippen LogP contribution in [0.2, 0.25) is 0 Å². The third-order valence-corrected chi connectivity index (χ3v) is 4.27. The minimum Gasteiger partial charge on any atom is -0.379 e.